The second-order valence-electron chi connectivity index (χ2n) is 6.50. The van der Waals surface area contributed by atoms with Crippen molar-refractivity contribution < 1.29 is 27.4 Å². The minimum absolute atomic E-state index is 0.122. The first kappa shape index (κ1) is 24.3. The lowest BCUT2D eigenvalue weighted by molar-refractivity contribution is -0.143. The third-order valence-corrected chi connectivity index (χ3v) is 4.22. The van der Waals surface area contributed by atoms with Crippen molar-refractivity contribution in [3.05, 3.63) is 56.4 Å². The number of halogens is 3. The van der Waals surface area contributed by atoms with Crippen molar-refractivity contribution in [1.29, 1.82) is 0 Å². The molecule has 9 nitrogen and oxygen atoms in total. The molecule has 0 unspecified atom stereocenters. The van der Waals surface area contributed by atoms with Gasteiger partial charge in [0.15, 0.2) is 6.29 Å². The van der Waals surface area contributed by atoms with Crippen LogP contribution in [0, 0.1) is 0 Å². The van der Waals surface area contributed by atoms with E-state index in [4.69, 9.17) is 20.9 Å². The Labute approximate surface area is 175 Å². The van der Waals surface area contributed by atoms with Crippen LogP contribution in [0.2, 0.25) is 0 Å². The van der Waals surface area contributed by atoms with Gasteiger partial charge in [0.05, 0.1) is 11.7 Å². The molecule has 2 rings (SSSR count). The molecule has 0 aliphatic heterocycles. The number of carbonyl (C=O) groups excluding carboxylic acids is 1. The van der Waals surface area contributed by atoms with Gasteiger partial charge in [-0.25, -0.2) is 13.9 Å². The highest BCUT2D eigenvalue weighted by Crippen LogP contribution is 2.29. The number of anilines is 1. The monoisotopic (exact) mass is 444 g/mol. The third-order valence-electron chi connectivity index (χ3n) is 4.22. The Morgan fingerprint density at radius 2 is 1.71 bits per heavy atom. The highest BCUT2D eigenvalue weighted by molar-refractivity contribution is 5.84. The van der Waals surface area contributed by atoms with E-state index in [-0.39, 0.29) is 40.8 Å². The molecule has 170 valence electrons. The zero-order valence-corrected chi connectivity index (χ0v) is 17.1. The fourth-order valence-electron chi connectivity index (χ4n) is 2.84. The summed E-state index contributed by atoms with van der Waals surface area (Å²) in [7, 11) is 0. The van der Waals surface area contributed by atoms with Crippen LogP contribution in [0.15, 0.2) is 33.9 Å². The predicted molar refractivity (Wildman–Crippen MR) is 106 cm³/mol. The lowest BCUT2D eigenvalue weighted by Crippen LogP contribution is -2.48. The molecule has 0 bridgehead atoms. The molecule has 2 aromatic rings. The van der Waals surface area contributed by atoms with Crippen molar-refractivity contribution in [2.45, 2.75) is 39.3 Å². The highest BCUT2D eigenvalue weighted by Gasteiger charge is 2.38. The molecule has 0 aliphatic carbocycles. The lowest BCUT2D eigenvalue weighted by Gasteiger charge is -2.21. The Kier molecular flexibility index (Phi) is 7.41. The van der Waals surface area contributed by atoms with Gasteiger partial charge in [0.25, 0.3) is 11.5 Å². The van der Waals surface area contributed by atoms with Crippen molar-refractivity contribution in [3.8, 4) is 5.69 Å². The van der Waals surface area contributed by atoms with Crippen LogP contribution in [0.5, 0.6) is 0 Å². The maximum atomic E-state index is 13.4. The Hall–Kier alpha value is -2.96. The van der Waals surface area contributed by atoms with Crippen LogP contribution in [0.3, 0.4) is 0 Å². The molecule has 1 aromatic heterocycles. The Morgan fingerprint density at radius 1 is 1.13 bits per heavy atom. The smallest absolute Gasteiger partial charge is 0.398 e. The van der Waals surface area contributed by atoms with E-state index in [1.54, 1.807) is 13.8 Å². The summed E-state index contributed by atoms with van der Waals surface area (Å²) in [4.78, 5) is 37.7. The molecule has 12 heteroatoms. The minimum Gasteiger partial charge on any atom is -0.398 e. The number of nitrogen functional groups attached to an aromatic ring is 1. The van der Waals surface area contributed by atoms with E-state index in [1.165, 1.54) is 18.2 Å². The first-order chi connectivity index (χ1) is 14.4. The number of aromatic nitrogens is 2. The van der Waals surface area contributed by atoms with E-state index in [0.29, 0.717) is 4.57 Å². The summed E-state index contributed by atoms with van der Waals surface area (Å²) < 4.78 is 51.4. The minimum atomic E-state index is -5.14. The van der Waals surface area contributed by atoms with Crippen LogP contribution in [0.4, 0.5) is 18.9 Å². The molecule has 0 saturated carbocycles. The maximum absolute atomic E-state index is 13.4. The Bertz CT molecular complexity index is 1070. The number of benzene rings is 1. The molecule has 31 heavy (non-hydrogen) atoms. The third kappa shape index (κ3) is 5.03. The summed E-state index contributed by atoms with van der Waals surface area (Å²) in [6.07, 6.45) is -6.07. The molecule has 0 saturated heterocycles. The summed E-state index contributed by atoms with van der Waals surface area (Å²) in [5.74, 6) is -1.32. The number of carbonyl (C=O) groups is 1. The number of nitrogens with two attached hydrogens (primary N) is 2. The van der Waals surface area contributed by atoms with Crippen LogP contribution < -0.4 is 22.7 Å². The predicted octanol–water partition coefficient (Wildman–Crippen LogP) is 1.66. The fraction of sp³-hybridized carbons (Fsp3) is 0.421. The van der Waals surface area contributed by atoms with Gasteiger partial charge in [-0.1, -0.05) is 0 Å². The average Bonchev–Trinajstić information content (AvgIpc) is 2.67. The van der Waals surface area contributed by atoms with Crippen molar-refractivity contribution >= 4 is 11.6 Å². The van der Waals surface area contributed by atoms with Gasteiger partial charge in [0.2, 0.25) is 0 Å². The van der Waals surface area contributed by atoms with Crippen LogP contribution in [-0.4, -0.2) is 34.3 Å². The standard InChI is InChI=1S/C19H23F3N4O5/c1-4-30-17(31-5-2)12-8-11(6-7-13(12)24)25-15(27)9-14(19(20,21)22)26(18(25)29)16(28)10(3)23/h6-10,17H,4-5,23-24H2,1-3H3/t10-/m0/s1. The van der Waals surface area contributed by atoms with Gasteiger partial charge in [0, 0.05) is 30.5 Å². The Balaban J connectivity index is 2.82. The zero-order chi connectivity index (χ0) is 23.5. The van der Waals surface area contributed by atoms with Crippen molar-refractivity contribution in [1.82, 2.24) is 9.13 Å². The van der Waals surface area contributed by atoms with Crippen LogP contribution in [-0.2, 0) is 15.7 Å². The van der Waals surface area contributed by atoms with E-state index >= 15 is 0 Å². The summed E-state index contributed by atoms with van der Waals surface area (Å²) in [6.45, 7) is 5.06. The molecule has 1 heterocycles. The van der Waals surface area contributed by atoms with Crippen molar-refractivity contribution in [2.24, 2.45) is 5.73 Å². The molecular weight excluding hydrogens is 421 g/mol. The zero-order valence-electron chi connectivity index (χ0n) is 17.1. The van der Waals surface area contributed by atoms with Gasteiger partial charge in [-0.05, 0) is 39.0 Å². The summed E-state index contributed by atoms with van der Waals surface area (Å²) in [5, 5.41) is 0. The lowest BCUT2D eigenvalue weighted by atomic mass is 10.1. The van der Waals surface area contributed by atoms with Gasteiger partial charge < -0.3 is 20.9 Å². The number of hydrogen-bond acceptors (Lipinski definition) is 7. The number of hydrogen-bond donors (Lipinski definition) is 2. The van der Waals surface area contributed by atoms with Crippen molar-refractivity contribution in [3.63, 3.8) is 0 Å². The van der Waals surface area contributed by atoms with Crippen LogP contribution in [0.1, 0.15) is 43.1 Å². The van der Waals surface area contributed by atoms with E-state index in [2.05, 4.69) is 0 Å². The van der Waals surface area contributed by atoms with Crippen LogP contribution >= 0.6 is 0 Å². The summed E-state index contributed by atoms with van der Waals surface area (Å²) in [5.41, 5.74) is 7.21. The highest BCUT2D eigenvalue weighted by atomic mass is 19.4. The molecular formula is C19H23F3N4O5. The average molecular weight is 444 g/mol. The molecule has 1 aromatic carbocycles. The molecule has 0 aliphatic rings. The summed E-state index contributed by atoms with van der Waals surface area (Å²) >= 11 is 0. The van der Waals surface area contributed by atoms with Gasteiger partial charge >= 0.3 is 11.9 Å². The quantitative estimate of drug-likeness (QED) is 0.490. The molecule has 1 atom stereocenters. The van der Waals surface area contributed by atoms with Gasteiger partial charge in [-0.15, -0.1) is 0 Å². The molecule has 0 amide bonds. The van der Waals surface area contributed by atoms with Gasteiger partial charge in [0.1, 0.15) is 5.69 Å². The second kappa shape index (κ2) is 9.45. The number of ether oxygens (including phenoxy) is 2. The Morgan fingerprint density at radius 3 is 2.19 bits per heavy atom. The van der Waals surface area contributed by atoms with E-state index in [9.17, 15) is 27.6 Å². The molecule has 4 N–H and O–H groups in total. The first-order valence-electron chi connectivity index (χ1n) is 9.33. The molecule has 0 spiro atoms. The van der Waals surface area contributed by atoms with E-state index in [0.717, 1.165) is 6.92 Å². The SMILES string of the molecule is CCOC(OCC)c1cc(-n2c(=O)cc(C(F)(F)F)n(C(=O)[C@H](C)N)c2=O)ccc1N. The normalized spacial score (nSPS) is 12.9. The van der Waals surface area contributed by atoms with Crippen molar-refractivity contribution in [2.75, 3.05) is 18.9 Å². The van der Waals surface area contributed by atoms with Gasteiger partial charge in [-0.3, -0.25) is 9.59 Å². The number of alkyl halides is 3. The number of nitrogens with zero attached hydrogens (tertiary/aromatic N) is 2. The van der Waals surface area contributed by atoms with E-state index < -0.39 is 41.4 Å². The largest absolute Gasteiger partial charge is 0.432 e. The van der Waals surface area contributed by atoms with Crippen LogP contribution in [0.25, 0.3) is 5.69 Å². The molecule has 0 radical (unpaired) electrons. The number of rotatable bonds is 7. The molecule has 0 fully saturated rings. The fourth-order valence-corrected chi connectivity index (χ4v) is 2.84. The van der Waals surface area contributed by atoms with E-state index in [1.807, 2.05) is 0 Å². The topological polar surface area (TPSA) is 132 Å². The maximum Gasteiger partial charge on any atom is 0.432 e. The second-order valence-corrected chi connectivity index (χ2v) is 6.50. The summed E-state index contributed by atoms with van der Waals surface area (Å²) in [6, 6.07) is 2.62. The first-order valence-corrected chi connectivity index (χ1v) is 9.33. The van der Waals surface area contributed by atoms with Gasteiger partial charge in [-0.2, -0.15) is 13.2 Å².